The van der Waals surface area contributed by atoms with Gasteiger partial charge in [-0.1, -0.05) is 30.3 Å². The summed E-state index contributed by atoms with van der Waals surface area (Å²) in [6.07, 6.45) is 0.137. The van der Waals surface area contributed by atoms with E-state index in [0.29, 0.717) is 6.61 Å². The first-order chi connectivity index (χ1) is 8.89. The third-order valence-corrected chi connectivity index (χ3v) is 4.57. The van der Waals surface area contributed by atoms with Crippen LogP contribution in [-0.2, 0) is 15.3 Å². The lowest BCUT2D eigenvalue weighted by atomic mass is 10.1. The summed E-state index contributed by atoms with van der Waals surface area (Å²) in [5, 5.41) is 0. The van der Waals surface area contributed by atoms with Crippen LogP contribution in [0.3, 0.4) is 0 Å². The molecule has 19 heavy (non-hydrogen) atoms. The first-order valence-corrected chi connectivity index (χ1v) is 7.78. The molecule has 0 bridgehead atoms. The molecule has 2 unspecified atom stereocenters. The SMILES string of the molecule is CC(C)(N)CSCC1COC(C)(c2ccccc2)O1. The number of hydrogen-bond acceptors (Lipinski definition) is 4. The number of thioether (sulfide) groups is 1. The highest BCUT2D eigenvalue weighted by atomic mass is 32.2. The molecular weight excluding hydrogens is 258 g/mol. The number of nitrogens with two attached hydrogens (primary N) is 1. The second-order valence-corrected chi connectivity index (χ2v) is 6.90. The molecule has 1 aliphatic rings. The Morgan fingerprint density at radius 1 is 1.37 bits per heavy atom. The lowest BCUT2D eigenvalue weighted by Gasteiger charge is -2.24. The van der Waals surface area contributed by atoms with Crippen molar-refractivity contribution in [2.75, 3.05) is 18.1 Å². The van der Waals surface area contributed by atoms with Gasteiger partial charge in [0.05, 0.1) is 12.7 Å². The lowest BCUT2D eigenvalue weighted by molar-refractivity contribution is -0.159. The number of rotatable bonds is 5. The van der Waals surface area contributed by atoms with E-state index in [1.165, 1.54) is 0 Å². The normalized spacial score (nSPS) is 27.7. The van der Waals surface area contributed by atoms with Crippen molar-refractivity contribution in [3.05, 3.63) is 35.9 Å². The maximum Gasteiger partial charge on any atom is 0.192 e. The largest absolute Gasteiger partial charge is 0.343 e. The number of ether oxygens (including phenoxy) is 2. The highest BCUT2D eigenvalue weighted by Gasteiger charge is 2.38. The molecule has 1 heterocycles. The molecule has 2 rings (SSSR count). The van der Waals surface area contributed by atoms with Crippen molar-refractivity contribution in [2.24, 2.45) is 5.73 Å². The van der Waals surface area contributed by atoms with Crippen LogP contribution in [0, 0.1) is 0 Å². The second-order valence-electron chi connectivity index (χ2n) is 5.87. The summed E-state index contributed by atoms with van der Waals surface area (Å²) in [6.45, 7) is 6.71. The molecule has 2 atom stereocenters. The fourth-order valence-corrected chi connectivity index (χ4v) is 3.14. The van der Waals surface area contributed by atoms with Gasteiger partial charge in [-0.2, -0.15) is 11.8 Å². The molecule has 0 spiro atoms. The predicted molar refractivity (Wildman–Crippen MR) is 80.2 cm³/mol. The van der Waals surface area contributed by atoms with Gasteiger partial charge in [-0.25, -0.2) is 0 Å². The van der Waals surface area contributed by atoms with Gasteiger partial charge in [0.15, 0.2) is 5.79 Å². The molecule has 1 aromatic rings. The molecule has 1 aliphatic heterocycles. The molecule has 0 aliphatic carbocycles. The zero-order chi connectivity index (χ0) is 13.9. The summed E-state index contributed by atoms with van der Waals surface area (Å²) >= 11 is 1.82. The minimum Gasteiger partial charge on any atom is -0.343 e. The monoisotopic (exact) mass is 281 g/mol. The molecular formula is C15H23NO2S. The standard InChI is InChI=1S/C15H23NO2S/c1-14(2,16)11-19-10-13-9-17-15(3,18-13)12-7-5-4-6-8-12/h4-8,13H,9-11,16H2,1-3H3. The first-order valence-electron chi connectivity index (χ1n) is 6.63. The van der Waals surface area contributed by atoms with Crippen molar-refractivity contribution in [3.63, 3.8) is 0 Å². The Morgan fingerprint density at radius 2 is 2.05 bits per heavy atom. The molecule has 0 aromatic heterocycles. The highest BCUT2D eigenvalue weighted by Crippen LogP contribution is 2.34. The van der Waals surface area contributed by atoms with E-state index in [1.54, 1.807) is 0 Å². The van der Waals surface area contributed by atoms with E-state index in [1.807, 2.05) is 62.9 Å². The van der Waals surface area contributed by atoms with Gasteiger partial charge < -0.3 is 15.2 Å². The molecule has 1 fully saturated rings. The molecule has 4 heteroatoms. The van der Waals surface area contributed by atoms with E-state index in [9.17, 15) is 0 Å². The predicted octanol–water partition coefficient (Wildman–Crippen LogP) is 2.75. The zero-order valence-corrected chi connectivity index (χ0v) is 12.7. The minimum absolute atomic E-state index is 0.132. The fourth-order valence-electron chi connectivity index (χ4n) is 2.07. The van der Waals surface area contributed by atoms with Gasteiger partial charge in [0, 0.05) is 22.6 Å². The average Bonchev–Trinajstić information content (AvgIpc) is 2.72. The van der Waals surface area contributed by atoms with Gasteiger partial charge in [0.2, 0.25) is 0 Å². The van der Waals surface area contributed by atoms with E-state index in [0.717, 1.165) is 17.1 Å². The van der Waals surface area contributed by atoms with Crippen LogP contribution in [0.4, 0.5) is 0 Å². The van der Waals surface area contributed by atoms with Crippen molar-refractivity contribution >= 4 is 11.8 Å². The summed E-state index contributed by atoms with van der Waals surface area (Å²) in [4.78, 5) is 0. The van der Waals surface area contributed by atoms with Crippen LogP contribution < -0.4 is 5.73 Å². The Labute approximate surface area is 119 Å². The molecule has 1 saturated heterocycles. The maximum absolute atomic E-state index is 6.07. The van der Waals surface area contributed by atoms with Crippen molar-refractivity contribution in [2.45, 2.75) is 38.2 Å². The topological polar surface area (TPSA) is 44.5 Å². The van der Waals surface area contributed by atoms with Crippen LogP contribution in [0.25, 0.3) is 0 Å². The molecule has 0 amide bonds. The number of benzene rings is 1. The summed E-state index contributed by atoms with van der Waals surface area (Å²) in [5.74, 6) is 1.24. The third kappa shape index (κ3) is 4.21. The summed E-state index contributed by atoms with van der Waals surface area (Å²) < 4.78 is 11.9. The first kappa shape index (κ1) is 14.9. The summed E-state index contributed by atoms with van der Waals surface area (Å²) in [5.41, 5.74) is 6.91. The van der Waals surface area contributed by atoms with Crippen molar-refractivity contribution in [1.29, 1.82) is 0 Å². The lowest BCUT2D eigenvalue weighted by Crippen LogP contribution is -2.35. The van der Waals surface area contributed by atoms with Crippen LogP contribution in [0.1, 0.15) is 26.3 Å². The average molecular weight is 281 g/mol. The maximum atomic E-state index is 6.07. The summed E-state index contributed by atoms with van der Waals surface area (Å²) in [6, 6.07) is 10.1. The van der Waals surface area contributed by atoms with Crippen LogP contribution in [0.5, 0.6) is 0 Å². The summed E-state index contributed by atoms with van der Waals surface area (Å²) in [7, 11) is 0. The molecule has 3 nitrogen and oxygen atoms in total. The van der Waals surface area contributed by atoms with Crippen LogP contribution in [0.2, 0.25) is 0 Å². The van der Waals surface area contributed by atoms with Gasteiger partial charge in [0.25, 0.3) is 0 Å². The molecule has 1 aromatic carbocycles. The zero-order valence-electron chi connectivity index (χ0n) is 11.9. The van der Waals surface area contributed by atoms with Gasteiger partial charge in [-0.05, 0) is 20.8 Å². The molecule has 0 radical (unpaired) electrons. The Kier molecular flexibility index (Phi) is 4.56. The van der Waals surface area contributed by atoms with Gasteiger partial charge in [-0.15, -0.1) is 0 Å². The molecule has 2 N–H and O–H groups in total. The Hall–Kier alpha value is -0.550. The van der Waals surface area contributed by atoms with Crippen molar-refractivity contribution in [3.8, 4) is 0 Å². The van der Waals surface area contributed by atoms with Gasteiger partial charge in [0.1, 0.15) is 0 Å². The molecule has 106 valence electrons. The highest BCUT2D eigenvalue weighted by molar-refractivity contribution is 7.99. The Morgan fingerprint density at radius 3 is 2.68 bits per heavy atom. The molecule has 0 saturated carbocycles. The van der Waals surface area contributed by atoms with E-state index in [-0.39, 0.29) is 11.6 Å². The minimum atomic E-state index is -0.606. The Balaban J connectivity index is 1.86. The fraction of sp³-hybridized carbons (Fsp3) is 0.600. The van der Waals surface area contributed by atoms with Crippen LogP contribution in [-0.4, -0.2) is 29.8 Å². The van der Waals surface area contributed by atoms with E-state index in [2.05, 4.69) is 0 Å². The quantitative estimate of drug-likeness (QED) is 0.901. The van der Waals surface area contributed by atoms with Gasteiger partial charge >= 0.3 is 0 Å². The third-order valence-electron chi connectivity index (χ3n) is 3.01. The van der Waals surface area contributed by atoms with Crippen LogP contribution >= 0.6 is 11.8 Å². The van der Waals surface area contributed by atoms with E-state index < -0.39 is 5.79 Å². The van der Waals surface area contributed by atoms with Crippen molar-refractivity contribution < 1.29 is 9.47 Å². The smallest absolute Gasteiger partial charge is 0.192 e. The van der Waals surface area contributed by atoms with Crippen LogP contribution in [0.15, 0.2) is 30.3 Å². The second kappa shape index (κ2) is 5.83. The van der Waals surface area contributed by atoms with E-state index >= 15 is 0 Å². The van der Waals surface area contributed by atoms with Gasteiger partial charge in [-0.3, -0.25) is 0 Å². The Bertz CT molecular complexity index is 404. The number of hydrogen-bond donors (Lipinski definition) is 1. The van der Waals surface area contributed by atoms with E-state index in [4.69, 9.17) is 15.2 Å². The van der Waals surface area contributed by atoms with Crippen molar-refractivity contribution in [1.82, 2.24) is 0 Å².